The van der Waals surface area contributed by atoms with Crippen LogP contribution in [-0.4, -0.2) is 44.6 Å². The second-order valence-corrected chi connectivity index (χ2v) is 2.03. The molecule has 0 aliphatic heterocycles. The zero-order valence-corrected chi connectivity index (χ0v) is 9.82. The molecule has 0 spiro atoms. The molecule has 2 unspecified atom stereocenters. The zero-order chi connectivity index (χ0) is 10.3. The Kier molecular flexibility index (Phi) is 20.9. The summed E-state index contributed by atoms with van der Waals surface area (Å²) in [6.07, 6.45) is -2.46. The summed E-state index contributed by atoms with van der Waals surface area (Å²) in [6.45, 7) is 2.39. The van der Waals surface area contributed by atoms with Crippen molar-refractivity contribution in [2.24, 2.45) is 0 Å². The number of aliphatic hydroxyl groups is 2. The fourth-order valence-corrected chi connectivity index (χ4v) is 0. The first-order valence-corrected chi connectivity index (χ1v) is 3.10. The van der Waals surface area contributed by atoms with Crippen LogP contribution in [0.5, 0.6) is 0 Å². The maximum atomic E-state index is 9.45. The van der Waals surface area contributed by atoms with Crippen LogP contribution in [0, 0.1) is 0 Å². The second kappa shape index (κ2) is 12.5. The van der Waals surface area contributed by atoms with Crippen LogP contribution in [0.4, 0.5) is 0 Å². The van der Waals surface area contributed by atoms with Gasteiger partial charge in [-0.25, -0.2) is 9.59 Å². The summed E-state index contributed by atoms with van der Waals surface area (Å²) >= 11 is 0. The predicted octanol–water partition coefficient (Wildman–Crippen LogP) is -0.723. The fourth-order valence-electron chi connectivity index (χ4n) is 0. The number of rotatable bonds is 2. The number of carbonyl (C=O) groups is 2. The van der Waals surface area contributed by atoms with Gasteiger partial charge in [0.2, 0.25) is 0 Å². The van der Waals surface area contributed by atoms with Crippen molar-refractivity contribution in [3.05, 3.63) is 0 Å². The smallest absolute Gasteiger partial charge is 0.479 e. The van der Waals surface area contributed by atoms with E-state index in [-0.39, 0.29) is 27.9 Å². The molecule has 0 saturated heterocycles. The van der Waals surface area contributed by atoms with Gasteiger partial charge in [0.1, 0.15) is 12.2 Å². The van der Waals surface area contributed by atoms with E-state index in [1.807, 2.05) is 0 Å². The molecule has 2 atom stereocenters. The van der Waals surface area contributed by atoms with Gasteiger partial charge < -0.3 is 26.6 Å². The van der Waals surface area contributed by atoms with Gasteiger partial charge in [-0.05, 0) is 13.8 Å². The number of quaternary nitrogens is 1. The molecule has 14 heavy (non-hydrogen) atoms. The quantitative estimate of drug-likeness (QED) is 0.405. The Labute approximate surface area is 96.2 Å². The summed E-state index contributed by atoms with van der Waals surface area (Å²) in [5.74, 6) is -2.37. The molecule has 0 saturated carbocycles. The van der Waals surface area contributed by atoms with Crippen molar-refractivity contribution >= 4 is 11.9 Å². The minimum atomic E-state index is -1.23. The summed E-state index contributed by atoms with van der Waals surface area (Å²) in [5.41, 5.74) is 0. The topological polar surface area (TPSA) is 152 Å². The van der Waals surface area contributed by atoms with E-state index < -0.39 is 24.1 Å². The van der Waals surface area contributed by atoms with Crippen LogP contribution in [0.2, 0.25) is 0 Å². The Morgan fingerprint density at radius 2 is 1.00 bits per heavy atom. The molecule has 0 heterocycles. The van der Waals surface area contributed by atoms with Crippen LogP contribution in [0.3, 0.4) is 0 Å². The molecule has 7 nitrogen and oxygen atoms in total. The van der Waals surface area contributed by atoms with Crippen LogP contribution >= 0.6 is 0 Å². The molecule has 0 fully saturated rings. The SMILES string of the molecule is CC(O)C(=O)O.CC(O)C(=O)O.[NH4+].[Ti+4]. The second-order valence-electron chi connectivity index (χ2n) is 2.03. The third kappa shape index (κ3) is 22.5. The number of aliphatic carboxylic acids is 2. The van der Waals surface area contributed by atoms with Crippen molar-refractivity contribution in [2.75, 3.05) is 0 Å². The van der Waals surface area contributed by atoms with Crippen molar-refractivity contribution in [1.29, 1.82) is 0 Å². The third-order valence-corrected chi connectivity index (χ3v) is 0.715. The summed E-state index contributed by atoms with van der Waals surface area (Å²) in [7, 11) is 0. The predicted molar refractivity (Wildman–Crippen MR) is 44.6 cm³/mol. The number of carboxylic acids is 2. The van der Waals surface area contributed by atoms with E-state index in [1.165, 1.54) is 13.8 Å². The zero-order valence-electron chi connectivity index (χ0n) is 8.26. The van der Waals surface area contributed by atoms with Gasteiger partial charge in [-0.2, -0.15) is 0 Å². The van der Waals surface area contributed by atoms with E-state index in [2.05, 4.69) is 0 Å². The molecular weight excluding hydrogens is 230 g/mol. The Morgan fingerprint density at radius 3 is 1.00 bits per heavy atom. The van der Waals surface area contributed by atoms with Crippen LogP contribution in [0.1, 0.15) is 13.8 Å². The minimum Gasteiger partial charge on any atom is -0.479 e. The van der Waals surface area contributed by atoms with Crippen molar-refractivity contribution in [1.82, 2.24) is 6.15 Å². The standard InChI is InChI=1S/2C3H6O3.H3N.Ti/c2*1-2(4)3(5)6;;/h2*2,4H,1H3,(H,5,6);1H3;/q;;;+4/p+1. The number of hydrogen-bond donors (Lipinski definition) is 5. The van der Waals surface area contributed by atoms with E-state index in [0.29, 0.717) is 0 Å². The first kappa shape index (κ1) is 23.4. The molecule has 0 aliphatic carbocycles. The van der Waals surface area contributed by atoms with Gasteiger partial charge >= 0.3 is 33.7 Å². The average molecular weight is 246 g/mol. The molecule has 0 rings (SSSR count). The monoisotopic (exact) mass is 246 g/mol. The summed E-state index contributed by atoms with van der Waals surface area (Å²) < 4.78 is 0. The van der Waals surface area contributed by atoms with Crippen molar-refractivity contribution < 1.29 is 51.7 Å². The third-order valence-electron chi connectivity index (χ3n) is 0.715. The number of hydrogen-bond acceptors (Lipinski definition) is 4. The van der Waals surface area contributed by atoms with Crippen LogP contribution in [0.15, 0.2) is 0 Å². The van der Waals surface area contributed by atoms with Gasteiger partial charge in [0.15, 0.2) is 0 Å². The Balaban J connectivity index is -0.0000000625. The molecule has 80 valence electrons. The van der Waals surface area contributed by atoms with E-state index in [0.717, 1.165) is 0 Å². The minimum absolute atomic E-state index is 0. The van der Waals surface area contributed by atoms with E-state index in [4.69, 9.17) is 20.4 Å². The maximum Gasteiger partial charge on any atom is 4.00 e. The number of carboxylic acid groups (broad SMARTS) is 2. The first-order valence-electron chi connectivity index (χ1n) is 3.10. The molecular formula is C6H16NO6Ti+5. The van der Waals surface area contributed by atoms with Crippen molar-refractivity contribution in [2.45, 2.75) is 26.1 Å². The Hall–Kier alpha value is -0.466. The Morgan fingerprint density at radius 1 is 0.929 bits per heavy atom. The van der Waals surface area contributed by atoms with Gasteiger partial charge in [0.25, 0.3) is 0 Å². The molecule has 0 radical (unpaired) electrons. The molecule has 8 N–H and O–H groups in total. The van der Waals surface area contributed by atoms with Crippen LogP contribution in [-0.2, 0) is 31.3 Å². The number of aliphatic hydroxyl groups excluding tert-OH is 2. The van der Waals surface area contributed by atoms with Gasteiger partial charge in [0.05, 0.1) is 0 Å². The van der Waals surface area contributed by atoms with Crippen molar-refractivity contribution in [3.8, 4) is 0 Å². The molecule has 0 aromatic rings. The summed E-state index contributed by atoms with van der Waals surface area (Å²) in [5, 5.41) is 31.5. The summed E-state index contributed by atoms with van der Waals surface area (Å²) in [6, 6.07) is 0. The van der Waals surface area contributed by atoms with Gasteiger partial charge in [0, 0.05) is 0 Å². The normalized spacial score (nSPS) is 11.7. The van der Waals surface area contributed by atoms with E-state index >= 15 is 0 Å². The largest absolute Gasteiger partial charge is 4.00 e. The van der Waals surface area contributed by atoms with Gasteiger partial charge in [-0.3, -0.25) is 0 Å². The van der Waals surface area contributed by atoms with Crippen LogP contribution < -0.4 is 6.15 Å². The summed E-state index contributed by atoms with van der Waals surface area (Å²) in [4.78, 5) is 18.9. The maximum absolute atomic E-state index is 9.45. The Bertz CT molecular complexity index is 142. The molecule has 0 bridgehead atoms. The average Bonchev–Trinajstić information content (AvgIpc) is 1.88. The molecule has 8 heteroatoms. The van der Waals surface area contributed by atoms with Crippen molar-refractivity contribution in [3.63, 3.8) is 0 Å². The molecule has 0 amide bonds. The van der Waals surface area contributed by atoms with Gasteiger partial charge in [-0.1, -0.05) is 0 Å². The van der Waals surface area contributed by atoms with Crippen LogP contribution in [0.25, 0.3) is 0 Å². The van der Waals surface area contributed by atoms with E-state index in [9.17, 15) is 9.59 Å². The first-order chi connectivity index (χ1) is 5.29. The molecule has 0 aromatic carbocycles. The van der Waals surface area contributed by atoms with E-state index in [1.54, 1.807) is 0 Å². The molecule has 0 aliphatic rings. The molecule has 0 aromatic heterocycles. The van der Waals surface area contributed by atoms with Gasteiger partial charge in [-0.15, -0.1) is 0 Å². The fraction of sp³-hybridized carbons (Fsp3) is 0.667.